The summed E-state index contributed by atoms with van der Waals surface area (Å²) < 4.78 is 0. The average Bonchev–Trinajstić information content (AvgIpc) is 2.30. The first kappa shape index (κ1) is 9.62. The van der Waals surface area contributed by atoms with Crippen LogP contribution < -0.4 is 5.43 Å². The van der Waals surface area contributed by atoms with Crippen molar-refractivity contribution < 1.29 is 0 Å². The molecule has 0 aromatic carbocycles. The van der Waals surface area contributed by atoms with E-state index in [1.807, 2.05) is 25.5 Å². The molecule has 0 aliphatic carbocycles. The second kappa shape index (κ2) is 4.53. The van der Waals surface area contributed by atoms with Gasteiger partial charge >= 0.3 is 0 Å². The van der Waals surface area contributed by atoms with E-state index in [1.165, 1.54) is 18.4 Å². The van der Waals surface area contributed by atoms with Crippen molar-refractivity contribution in [3.63, 3.8) is 0 Å². The summed E-state index contributed by atoms with van der Waals surface area (Å²) in [4.78, 5) is 4.17. The molecule has 1 N–H and O–H groups in total. The molecule has 1 fully saturated rings. The van der Waals surface area contributed by atoms with Crippen LogP contribution in [-0.2, 0) is 0 Å². The van der Waals surface area contributed by atoms with Gasteiger partial charge in [0.2, 0.25) is 0 Å². The van der Waals surface area contributed by atoms with Gasteiger partial charge in [0, 0.05) is 25.5 Å². The lowest BCUT2D eigenvalue weighted by Crippen LogP contribution is -2.42. The highest BCUT2D eigenvalue weighted by Crippen LogP contribution is 2.24. The van der Waals surface area contributed by atoms with Crippen molar-refractivity contribution in [3.8, 4) is 0 Å². The lowest BCUT2D eigenvalue weighted by atomic mass is 9.92. The predicted octanol–water partition coefficient (Wildman–Crippen LogP) is 1.40. The Hall–Kier alpha value is -0.930. The van der Waals surface area contributed by atoms with Gasteiger partial charge in [0.25, 0.3) is 0 Å². The maximum absolute atomic E-state index is 4.17. The third-order valence-electron chi connectivity index (χ3n) is 2.89. The molecule has 1 aromatic heterocycles. The molecule has 14 heavy (non-hydrogen) atoms. The maximum Gasteiger partial charge on any atom is 0.0303 e. The fraction of sp³-hybridized carbons (Fsp3) is 0.545. The normalized spacial score (nSPS) is 23.6. The molecule has 0 saturated carbocycles. The highest BCUT2D eigenvalue weighted by molar-refractivity contribution is 5.15. The van der Waals surface area contributed by atoms with Crippen LogP contribution in [0.25, 0.3) is 0 Å². The minimum Gasteiger partial charge on any atom is -0.264 e. The molecule has 76 valence electrons. The summed E-state index contributed by atoms with van der Waals surface area (Å²) >= 11 is 0. The number of hydrogen-bond acceptors (Lipinski definition) is 3. The Morgan fingerprint density at radius 1 is 1.57 bits per heavy atom. The van der Waals surface area contributed by atoms with Gasteiger partial charge in [-0.25, -0.2) is 5.01 Å². The first-order valence-corrected chi connectivity index (χ1v) is 5.22. The van der Waals surface area contributed by atoms with Crippen LogP contribution in [0.1, 0.15) is 24.3 Å². The first-order valence-electron chi connectivity index (χ1n) is 5.22. The Kier molecular flexibility index (Phi) is 3.11. The quantitative estimate of drug-likeness (QED) is 0.765. The van der Waals surface area contributed by atoms with E-state index in [2.05, 4.69) is 21.5 Å². The SMILES string of the molecule is CNN1CCC[C@@H](c2cccnc2)C1. The number of nitrogens with zero attached hydrogens (tertiary/aromatic N) is 2. The molecule has 0 unspecified atom stereocenters. The van der Waals surface area contributed by atoms with Gasteiger partial charge in [-0.15, -0.1) is 0 Å². The fourth-order valence-corrected chi connectivity index (χ4v) is 2.07. The Bertz CT molecular complexity index is 273. The third-order valence-corrected chi connectivity index (χ3v) is 2.89. The molecule has 0 radical (unpaired) electrons. The summed E-state index contributed by atoms with van der Waals surface area (Å²) in [6.07, 6.45) is 6.37. The van der Waals surface area contributed by atoms with Crippen molar-refractivity contribution in [2.24, 2.45) is 0 Å². The van der Waals surface area contributed by atoms with Crippen molar-refractivity contribution in [3.05, 3.63) is 30.1 Å². The second-order valence-corrected chi connectivity index (χ2v) is 3.80. The molecule has 3 nitrogen and oxygen atoms in total. The largest absolute Gasteiger partial charge is 0.264 e. The molecular weight excluding hydrogens is 174 g/mol. The number of pyridine rings is 1. The summed E-state index contributed by atoms with van der Waals surface area (Å²) in [5.41, 5.74) is 4.58. The third kappa shape index (κ3) is 2.11. The lowest BCUT2D eigenvalue weighted by Gasteiger charge is -2.31. The van der Waals surface area contributed by atoms with Crippen molar-refractivity contribution in [2.75, 3.05) is 20.1 Å². The van der Waals surface area contributed by atoms with E-state index in [0.29, 0.717) is 5.92 Å². The van der Waals surface area contributed by atoms with Crippen molar-refractivity contribution in [1.82, 2.24) is 15.4 Å². The molecule has 1 aliphatic heterocycles. The topological polar surface area (TPSA) is 28.2 Å². The van der Waals surface area contributed by atoms with E-state index in [4.69, 9.17) is 0 Å². The highest BCUT2D eigenvalue weighted by atomic mass is 15.5. The van der Waals surface area contributed by atoms with Gasteiger partial charge in [-0.2, -0.15) is 0 Å². The molecule has 1 atom stereocenters. The number of rotatable bonds is 2. The van der Waals surface area contributed by atoms with Gasteiger partial charge in [0.05, 0.1) is 0 Å². The number of hydrazine groups is 1. The molecular formula is C11H17N3. The summed E-state index contributed by atoms with van der Waals surface area (Å²) in [6.45, 7) is 2.26. The highest BCUT2D eigenvalue weighted by Gasteiger charge is 2.20. The summed E-state index contributed by atoms with van der Waals surface area (Å²) in [6, 6.07) is 4.20. The van der Waals surface area contributed by atoms with E-state index in [1.54, 1.807) is 0 Å². The number of piperidine rings is 1. The monoisotopic (exact) mass is 191 g/mol. The predicted molar refractivity (Wildman–Crippen MR) is 56.8 cm³/mol. The van der Waals surface area contributed by atoms with Crippen LogP contribution in [0, 0.1) is 0 Å². The fourth-order valence-electron chi connectivity index (χ4n) is 2.07. The Balaban J connectivity index is 2.04. The minimum atomic E-state index is 0.643. The molecule has 1 saturated heterocycles. The van der Waals surface area contributed by atoms with Gasteiger partial charge in [-0.05, 0) is 37.4 Å². The van der Waals surface area contributed by atoms with Crippen LogP contribution in [-0.4, -0.2) is 30.1 Å². The minimum absolute atomic E-state index is 0.643. The summed E-state index contributed by atoms with van der Waals surface area (Å²) in [5.74, 6) is 0.643. The molecule has 1 aliphatic rings. The molecule has 2 rings (SSSR count). The maximum atomic E-state index is 4.17. The van der Waals surface area contributed by atoms with E-state index < -0.39 is 0 Å². The molecule has 1 aromatic rings. The number of hydrogen-bond donors (Lipinski definition) is 1. The van der Waals surface area contributed by atoms with Gasteiger partial charge in [0.1, 0.15) is 0 Å². The number of nitrogens with one attached hydrogen (secondary N) is 1. The van der Waals surface area contributed by atoms with Crippen LogP contribution in [0.15, 0.2) is 24.5 Å². The zero-order valence-corrected chi connectivity index (χ0v) is 8.61. The van der Waals surface area contributed by atoms with Gasteiger partial charge in [-0.3, -0.25) is 10.4 Å². The molecule has 0 spiro atoms. The summed E-state index contributed by atoms with van der Waals surface area (Å²) in [7, 11) is 1.99. The van der Waals surface area contributed by atoms with Crippen LogP contribution in [0.3, 0.4) is 0 Å². The van der Waals surface area contributed by atoms with E-state index >= 15 is 0 Å². The average molecular weight is 191 g/mol. The zero-order chi connectivity index (χ0) is 9.80. The first-order chi connectivity index (χ1) is 6.90. The molecule has 0 bridgehead atoms. The standard InChI is InChI=1S/C11H17N3/c1-12-14-7-3-5-11(9-14)10-4-2-6-13-8-10/h2,4,6,8,11-12H,3,5,7,9H2,1H3/t11-/m1/s1. The van der Waals surface area contributed by atoms with E-state index in [9.17, 15) is 0 Å². The zero-order valence-electron chi connectivity index (χ0n) is 8.61. The van der Waals surface area contributed by atoms with Crippen molar-refractivity contribution in [2.45, 2.75) is 18.8 Å². The van der Waals surface area contributed by atoms with E-state index in [-0.39, 0.29) is 0 Å². The number of aromatic nitrogens is 1. The van der Waals surface area contributed by atoms with Crippen LogP contribution >= 0.6 is 0 Å². The van der Waals surface area contributed by atoms with Crippen molar-refractivity contribution in [1.29, 1.82) is 0 Å². The Morgan fingerprint density at radius 3 is 3.21 bits per heavy atom. The smallest absolute Gasteiger partial charge is 0.0303 e. The Morgan fingerprint density at radius 2 is 2.50 bits per heavy atom. The van der Waals surface area contributed by atoms with Gasteiger partial charge in [-0.1, -0.05) is 6.07 Å². The summed E-state index contributed by atoms with van der Waals surface area (Å²) in [5, 5.41) is 2.28. The Labute approximate surface area is 85.1 Å². The van der Waals surface area contributed by atoms with Crippen LogP contribution in [0.4, 0.5) is 0 Å². The van der Waals surface area contributed by atoms with E-state index in [0.717, 1.165) is 13.1 Å². The van der Waals surface area contributed by atoms with Gasteiger partial charge < -0.3 is 0 Å². The molecule has 3 heteroatoms. The van der Waals surface area contributed by atoms with Crippen molar-refractivity contribution >= 4 is 0 Å². The van der Waals surface area contributed by atoms with Crippen LogP contribution in [0.2, 0.25) is 0 Å². The lowest BCUT2D eigenvalue weighted by molar-refractivity contribution is 0.154. The second-order valence-electron chi connectivity index (χ2n) is 3.80. The molecule has 0 amide bonds. The van der Waals surface area contributed by atoms with Gasteiger partial charge in [0.15, 0.2) is 0 Å². The molecule has 2 heterocycles. The van der Waals surface area contributed by atoms with Crippen LogP contribution in [0.5, 0.6) is 0 Å².